The van der Waals surface area contributed by atoms with Gasteiger partial charge in [0.1, 0.15) is 5.82 Å². The van der Waals surface area contributed by atoms with E-state index in [0.29, 0.717) is 6.42 Å². The molecule has 2 aromatic rings. The highest BCUT2D eigenvalue weighted by Gasteiger charge is 2.36. The van der Waals surface area contributed by atoms with Crippen molar-refractivity contribution in [2.24, 2.45) is 0 Å². The largest absolute Gasteiger partial charge is 0.450 e. The van der Waals surface area contributed by atoms with E-state index in [-0.39, 0.29) is 56.3 Å². The average Bonchev–Trinajstić information content (AvgIpc) is 2.80. The lowest BCUT2D eigenvalue weighted by molar-refractivity contribution is -0.137. The third-order valence-corrected chi connectivity index (χ3v) is 6.89. The van der Waals surface area contributed by atoms with Crippen molar-refractivity contribution in [3.63, 3.8) is 0 Å². The second-order valence-electron chi connectivity index (χ2n) is 8.05. The van der Waals surface area contributed by atoms with Gasteiger partial charge in [-0.05, 0) is 55.7 Å². The zero-order valence-corrected chi connectivity index (χ0v) is 20.0. The minimum absolute atomic E-state index is 0.0831. The predicted molar refractivity (Wildman–Crippen MR) is 124 cm³/mol. The number of carbonyl (C=O) groups is 1. The van der Waals surface area contributed by atoms with Crippen LogP contribution in [0.15, 0.2) is 42.5 Å². The van der Waals surface area contributed by atoms with Gasteiger partial charge in [-0.3, -0.25) is 4.72 Å². The minimum atomic E-state index is -4.71. The van der Waals surface area contributed by atoms with Crippen LogP contribution >= 0.6 is 0 Å². The Kier molecular flexibility index (Phi) is 8.47. The maximum Gasteiger partial charge on any atom is 0.418 e. The Hall–Kier alpha value is -3.02. The van der Waals surface area contributed by atoms with Crippen molar-refractivity contribution in [2.75, 3.05) is 48.2 Å². The minimum Gasteiger partial charge on any atom is -0.450 e. The zero-order valence-electron chi connectivity index (χ0n) is 19.1. The van der Waals surface area contributed by atoms with E-state index in [9.17, 15) is 30.8 Å². The van der Waals surface area contributed by atoms with Crippen LogP contribution in [0.5, 0.6) is 0 Å². The molecule has 192 valence electrons. The number of hydrogen-bond donors (Lipinski definition) is 1. The van der Waals surface area contributed by atoms with Crippen molar-refractivity contribution in [3.05, 3.63) is 59.4 Å². The molecule has 0 saturated carbocycles. The van der Waals surface area contributed by atoms with Gasteiger partial charge >= 0.3 is 12.3 Å². The molecule has 0 aliphatic carbocycles. The van der Waals surface area contributed by atoms with Crippen LogP contribution in [0.4, 0.5) is 33.7 Å². The SMILES string of the molecule is CCOC(=O)N1CCN(c2ccc(NS(=O)(=O)CCCc3ccc(F)cc3)cc2C(F)(F)F)CC1. The third kappa shape index (κ3) is 7.48. The van der Waals surface area contributed by atoms with E-state index in [2.05, 4.69) is 4.72 Å². The number of ether oxygens (including phenoxy) is 1. The molecule has 0 bridgehead atoms. The first-order valence-corrected chi connectivity index (χ1v) is 12.8. The molecule has 0 unspecified atom stereocenters. The number of hydrogen-bond acceptors (Lipinski definition) is 5. The van der Waals surface area contributed by atoms with Gasteiger partial charge in [0.2, 0.25) is 10.0 Å². The standard InChI is InChI=1S/C23H27F4N3O4S/c1-2-34-22(31)30-13-11-29(12-14-30)21-10-9-19(16-20(21)23(25,26)27)28-35(32,33)15-3-4-17-5-7-18(24)8-6-17/h5-10,16,28H,2-4,11-15H2,1H3. The highest BCUT2D eigenvalue weighted by atomic mass is 32.2. The van der Waals surface area contributed by atoms with E-state index in [0.717, 1.165) is 11.6 Å². The number of alkyl halides is 3. The molecule has 1 fully saturated rings. The average molecular weight is 518 g/mol. The Morgan fingerprint density at radius 1 is 1.06 bits per heavy atom. The Labute approximate surface area is 201 Å². The van der Waals surface area contributed by atoms with Crippen LogP contribution in [-0.4, -0.2) is 57.9 Å². The summed E-state index contributed by atoms with van der Waals surface area (Å²) >= 11 is 0. The summed E-state index contributed by atoms with van der Waals surface area (Å²) in [6.45, 7) is 2.65. The molecular formula is C23H27F4N3O4S. The van der Waals surface area contributed by atoms with Crippen molar-refractivity contribution in [2.45, 2.75) is 25.9 Å². The monoisotopic (exact) mass is 517 g/mol. The fraction of sp³-hybridized carbons (Fsp3) is 0.435. The second kappa shape index (κ2) is 11.1. The van der Waals surface area contributed by atoms with Gasteiger partial charge in [0.05, 0.1) is 17.9 Å². The summed E-state index contributed by atoms with van der Waals surface area (Å²) in [5, 5.41) is 0. The number of halogens is 4. The van der Waals surface area contributed by atoms with Crippen molar-refractivity contribution in [1.82, 2.24) is 4.90 Å². The van der Waals surface area contributed by atoms with Gasteiger partial charge in [0.15, 0.2) is 0 Å². The van der Waals surface area contributed by atoms with Crippen LogP contribution in [0.25, 0.3) is 0 Å². The number of nitrogens with zero attached hydrogens (tertiary/aromatic N) is 2. The molecule has 1 N–H and O–H groups in total. The molecule has 0 atom stereocenters. The van der Waals surface area contributed by atoms with E-state index in [1.807, 2.05) is 0 Å². The normalized spacial score (nSPS) is 14.7. The van der Waals surface area contributed by atoms with Gasteiger partial charge in [-0.15, -0.1) is 0 Å². The van der Waals surface area contributed by atoms with Crippen molar-refractivity contribution < 1.29 is 35.5 Å². The Morgan fingerprint density at radius 3 is 2.31 bits per heavy atom. The predicted octanol–water partition coefficient (Wildman–Crippen LogP) is 4.50. The van der Waals surface area contributed by atoms with E-state index in [4.69, 9.17) is 4.74 Å². The summed E-state index contributed by atoms with van der Waals surface area (Å²) < 4.78 is 86.5. The van der Waals surface area contributed by atoms with Crippen LogP contribution in [0, 0.1) is 5.82 Å². The fourth-order valence-electron chi connectivity index (χ4n) is 3.80. The second-order valence-corrected chi connectivity index (χ2v) is 9.90. The molecular weight excluding hydrogens is 490 g/mol. The molecule has 1 heterocycles. The first-order valence-electron chi connectivity index (χ1n) is 11.1. The van der Waals surface area contributed by atoms with Gasteiger partial charge in [0, 0.05) is 37.6 Å². The highest BCUT2D eigenvalue weighted by molar-refractivity contribution is 7.92. The summed E-state index contributed by atoms with van der Waals surface area (Å²) in [7, 11) is -3.90. The number of amides is 1. The number of anilines is 2. The molecule has 12 heteroatoms. The Bertz CT molecular complexity index is 1120. The van der Waals surface area contributed by atoms with Crippen LogP contribution < -0.4 is 9.62 Å². The number of carbonyl (C=O) groups excluding carboxylic acids is 1. The molecule has 0 radical (unpaired) electrons. The maximum atomic E-state index is 13.8. The summed E-state index contributed by atoms with van der Waals surface area (Å²) in [5.41, 5.74) is -0.477. The topological polar surface area (TPSA) is 79.0 Å². The number of piperazine rings is 1. The van der Waals surface area contributed by atoms with Crippen molar-refractivity contribution in [3.8, 4) is 0 Å². The quantitative estimate of drug-likeness (QED) is 0.522. The van der Waals surface area contributed by atoms with Crippen molar-refractivity contribution >= 4 is 27.5 Å². The highest BCUT2D eigenvalue weighted by Crippen LogP contribution is 2.39. The molecule has 1 aliphatic heterocycles. The van der Waals surface area contributed by atoms with E-state index >= 15 is 0 Å². The maximum absolute atomic E-state index is 13.8. The number of sulfonamides is 1. The van der Waals surface area contributed by atoms with Gasteiger partial charge in [-0.1, -0.05) is 12.1 Å². The Morgan fingerprint density at radius 2 is 1.71 bits per heavy atom. The van der Waals surface area contributed by atoms with Gasteiger partial charge in [-0.25, -0.2) is 17.6 Å². The van der Waals surface area contributed by atoms with Crippen molar-refractivity contribution in [1.29, 1.82) is 0 Å². The molecule has 1 amide bonds. The first kappa shape index (κ1) is 26.6. The number of nitrogens with one attached hydrogen (secondary N) is 1. The molecule has 35 heavy (non-hydrogen) atoms. The molecule has 7 nitrogen and oxygen atoms in total. The van der Waals surface area contributed by atoms with Crippen LogP contribution in [0.1, 0.15) is 24.5 Å². The number of rotatable bonds is 8. The van der Waals surface area contributed by atoms with E-state index in [1.54, 1.807) is 19.1 Å². The third-order valence-electron chi connectivity index (χ3n) is 5.51. The Balaban J connectivity index is 1.67. The lowest BCUT2D eigenvalue weighted by atomic mass is 10.1. The summed E-state index contributed by atoms with van der Waals surface area (Å²) in [6, 6.07) is 8.97. The lowest BCUT2D eigenvalue weighted by Crippen LogP contribution is -2.49. The molecule has 1 saturated heterocycles. The molecule has 0 spiro atoms. The fourth-order valence-corrected chi connectivity index (χ4v) is 4.91. The molecule has 3 rings (SSSR count). The summed E-state index contributed by atoms with van der Waals surface area (Å²) in [5.74, 6) is -0.698. The summed E-state index contributed by atoms with van der Waals surface area (Å²) in [6.07, 6.45) is -4.62. The summed E-state index contributed by atoms with van der Waals surface area (Å²) in [4.78, 5) is 14.8. The van der Waals surface area contributed by atoms with Crippen LogP contribution in [0.2, 0.25) is 0 Å². The first-order chi connectivity index (χ1) is 16.5. The molecule has 1 aliphatic rings. The number of aryl methyl sites for hydroxylation is 1. The van der Waals surface area contributed by atoms with Crippen LogP contribution in [-0.2, 0) is 27.4 Å². The molecule has 2 aromatic carbocycles. The lowest BCUT2D eigenvalue weighted by Gasteiger charge is -2.36. The van der Waals surface area contributed by atoms with E-state index in [1.165, 1.54) is 34.1 Å². The number of benzene rings is 2. The van der Waals surface area contributed by atoms with Crippen LogP contribution in [0.3, 0.4) is 0 Å². The van der Waals surface area contributed by atoms with Gasteiger partial charge < -0.3 is 14.5 Å². The smallest absolute Gasteiger partial charge is 0.418 e. The van der Waals surface area contributed by atoms with Gasteiger partial charge in [-0.2, -0.15) is 13.2 Å². The van der Waals surface area contributed by atoms with E-state index < -0.39 is 33.7 Å². The zero-order chi connectivity index (χ0) is 25.6. The van der Waals surface area contributed by atoms with Gasteiger partial charge in [0.25, 0.3) is 0 Å². The molecule has 0 aromatic heterocycles.